The van der Waals surface area contributed by atoms with E-state index in [1.54, 1.807) is 13.8 Å². The molecule has 1 aliphatic rings. The van der Waals surface area contributed by atoms with Crippen LogP contribution in [0.3, 0.4) is 0 Å². The first-order valence-corrected chi connectivity index (χ1v) is 7.33. The van der Waals surface area contributed by atoms with Gasteiger partial charge in [0.15, 0.2) is 0 Å². The van der Waals surface area contributed by atoms with Gasteiger partial charge in [-0.2, -0.15) is 8.78 Å². The molecule has 0 saturated heterocycles. The van der Waals surface area contributed by atoms with Gasteiger partial charge >= 0.3 is 12.6 Å². The number of halogens is 2. The molecule has 1 fully saturated rings. The third kappa shape index (κ3) is 3.97. The Morgan fingerprint density at radius 2 is 1.87 bits per heavy atom. The average Bonchev–Trinajstić information content (AvgIpc) is 2.39. The average molecular weight is 327 g/mol. The second-order valence-electron chi connectivity index (χ2n) is 5.98. The van der Waals surface area contributed by atoms with Crippen molar-refractivity contribution in [2.45, 2.75) is 51.7 Å². The Kier molecular flexibility index (Phi) is 4.87. The lowest BCUT2D eigenvalue weighted by atomic mass is 9.74. The number of aliphatic carboxylic acids is 1. The Labute approximate surface area is 132 Å². The summed E-state index contributed by atoms with van der Waals surface area (Å²) in [6, 6.07) is 2.93. The number of benzene rings is 1. The van der Waals surface area contributed by atoms with Gasteiger partial charge in [-0.3, -0.25) is 9.59 Å². The van der Waals surface area contributed by atoms with Crippen LogP contribution in [0.4, 0.5) is 8.78 Å². The molecule has 23 heavy (non-hydrogen) atoms. The van der Waals surface area contributed by atoms with E-state index in [0.717, 1.165) is 6.42 Å². The van der Waals surface area contributed by atoms with E-state index in [2.05, 4.69) is 10.1 Å². The standard InChI is InChI=1S/C16H19F2NO4/c1-9-6-11(7-10(2)13(9)23-15(17)18)14(22)19-16(4-3-5-16)8-12(20)21/h6-7,15H,3-5,8H2,1-2H3,(H,19,22)(H,20,21). The zero-order valence-corrected chi connectivity index (χ0v) is 13.0. The van der Waals surface area contributed by atoms with E-state index < -0.39 is 24.0 Å². The number of aryl methyl sites for hydroxylation is 2. The van der Waals surface area contributed by atoms with Gasteiger partial charge in [-0.15, -0.1) is 0 Å². The van der Waals surface area contributed by atoms with Gasteiger partial charge in [-0.05, 0) is 56.4 Å². The molecule has 2 rings (SSSR count). The number of ether oxygens (including phenoxy) is 1. The van der Waals surface area contributed by atoms with Gasteiger partial charge in [0.1, 0.15) is 5.75 Å². The number of rotatable bonds is 6. The van der Waals surface area contributed by atoms with Crippen LogP contribution in [0.25, 0.3) is 0 Å². The molecule has 0 spiro atoms. The number of carboxylic acids is 1. The lowest BCUT2D eigenvalue weighted by Gasteiger charge is -2.41. The molecule has 1 aromatic rings. The van der Waals surface area contributed by atoms with E-state index in [9.17, 15) is 18.4 Å². The fourth-order valence-corrected chi connectivity index (χ4v) is 2.91. The van der Waals surface area contributed by atoms with Gasteiger partial charge in [0.2, 0.25) is 0 Å². The Morgan fingerprint density at radius 1 is 1.30 bits per heavy atom. The lowest BCUT2D eigenvalue weighted by molar-refractivity contribution is -0.139. The SMILES string of the molecule is Cc1cc(C(=O)NC2(CC(=O)O)CCC2)cc(C)c1OC(F)F. The quantitative estimate of drug-likeness (QED) is 0.842. The van der Waals surface area contributed by atoms with Crippen molar-refractivity contribution in [1.82, 2.24) is 5.32 Å². The summed E-state index contributed by atoms with van der Waals surface area (Å²) < 4.78 is 29.2. The van der Waals surface area contributed by atoms with Gasteiger partial charge in [0.25, 0.3) is 5.91 Å². The fourth-order valence-electron chi connectivity index (χ4n) is 2.91. The molecular weight excluding hydrogens is 308 g/mol. The number of carboxylic acid groups (broad SMARTS) is 1. The maximum atomic E-state index is 12.4. The Morgan fingerprint density at radius 3 is 2.26 bits per heavy atom. The molecule has 0 unspecified atom stereocenters. The van der Waals surface area contributed by atoms with Crippen LogP contribution in [-0.4, -0.2) is 29.1 Å². The molecule has 7 heteroatoms. The summed E-state index contributed by atoms with van der Waals surface area (Å²) >= 11 is 0. The summed E-state index contributed by atoms with van der Waals surface area (Å²) in [6.45, 7) is 0.233. The number of carbonyl (C=O) groups excluding carboxylic acids is 1. The number of carbonyl (C=O) groups is 2. The van der Waals surface area contributed by atoms with Crippen LogP contribution in [-0.2, 0) is 4.79 Å². The predicted octanol–water partition coefficient (Wildman–Crippen LogP) is 3.03. The summed E-state index contributed by atoms with van der Waals surface area (Å²) in [5, 5.41) is 11.8. The van der Waals surface area contributed by atoms with Crippen LogP contribution in [0.5, 0.6) is 5.75 Å². The molecule has 126 valence electrons. The van der Waals surface area contributed by atoms with Gasteiger partial charge in [-0.1, -0.05) is 0 Å². The van der Waals surface area contributed by atoms with Crippen molar-refractivity contribution in [2.24, 2.45) is 0 Å². The third-order valence-corrected chi connectivity index (χ3v) is 4.11. The highest BCUT2D eigenvalue weighted by Gasteiger charge is 2.40. The zero-order valence-electron chi connectivity index (χ0n) is 13.0. The second-order valence-corrected chi connectivity index (χ2v) is 5.98. The van der Waals surface area contributed by atoms with Gasteiger partial charge in [-0.25, -0.2) is 0 Å². The minimum absolute atomic E-state index is 0.0560. The summed E-state index contributed by atoms with van der Waals surface area (Å²) in [7, 11) is 0. The van der Waals surface area contributed by atoms with Gasteiger partial charge in [0.05, 0.1) is 12.0 Å². The minimum Gasteiger partial charge on any atom is -0.481 e. The van der Waals surface area contributed by atoms with Crippen molar-refractivity contribution >= 4 is 11.9 Å². The molecule has 1 saturated carbocycles. The minimum atomic E-state index is -2.93. The number of hydrogen-bond donors (Lipinski definition) is 2. The van der Waals surface area contributed by atoms with E-state index in [-0.39, 0.29) is 12.2 Å². The van der Waals surface area contributed by atoms with E-state index in [1.165, 1.54) is 12.1 Å². The van der Waals surface area contributed by atoms with Gasteiger partial charge < -0.3 is 15.2 Å². The number of hydrogen-bond acceptors (Lipinski definition) is 3. The largest absolute Gasteiger partial charge is 0.481 e. The maximum Gasteiger partial charge on any atom is 0.387 e. The van der Waals surface area contributed by atoms with E-state index in [4.69, 9.17) is 5.11 Å². The first-order chi connectivity index (χ1) is 10.7. The van der Waals surface area contributed by atoms with Crippen molar-refractivity contribution in [3.05, 3.63) is 28.8 Å². The van der Waals surface area contributed by atoms with Crippen molar-refractivity contribution < 1.29 is 28.2 Å². The Balaban J connectivity index is 2.18. The van der Waals surface area contributed by atoms with E-state index >= 15 is 0 Å². The normalized spacial score (nSPS) is 15.9. The molecule has 2 N–H and O–H groups in total. The molecule has 5 nitrogen and oxygen atoms in total. The lowest BCUT2D eigenvalue weighted by Crippen LogP contribution is -2.54. The first-order valence-electron chi connectivity index (χ1n) is 7.33. The van der Waals surface area contributed by atoms with E-state index in [0.29, 0.717) is 29.5 Å². The predicted molar refractivity (Wildman–Crippen MR) is 78.8 cm³/mol. The Hall–Kier alpha value is -2.18. The highest BCUT2D eigenvalue weighted by atomic mass is 19.3. The molecule has 1 aromatic carbocycles. The maximum absolute atomic E-state index is 12.4. The zero-order chi connectivity index (χ0) is 17.2. The van der Waals surface area contributed by atoms with Crippen LogP contribution in [0, 0.1) is 13.8 Å². The van der Waals surface area contributed by atoms with Crippen molar-refractivity contribution in [3.63, 3.8) is 0 Å². The molecular formula is C16H19F2NO4. The smallest absolute Gasteiger partial charge is 0.387 e. The Bertz CT molecular complexity index is 604. The van der Waals surface area contributed by atoms with Crippen molar-refractivity contribution in [3.8, 4) is 5.75 Å². The summed E-state index contributed by atoms with van der Waals surface area (Å²) in [4.78, 5) is 23.3. The monoisotopic (exact) mass is 327 g/mol. The molecule has 0 radical (unpaired) electrons. The molecule has 0 aromatic heterocycles. The number of amides is 1. The fraction of sp³-hybridized carbons (Fsp3) is 0.500. The van der Waals surface area contributed by atoms with Crippen LogP contribution < -0.4 is 10.1 Å². The van der Waals surface area contributed by atoms with Gasteiger partial charge in [0, 0.05) is 5.56 Å². The van der Waals surface area contributed by atoms with Crippen LogP contribution in [0.2, 0.25) is 0 Å². The third-order valence-electron chi connectivity index (χ3n) is 4.11. The molecule has 0 atom stereocenters. The molecule has 0 aliphatic heterocycles. The summed E-state index contributed by atoms with van der Waals surface area (Å²) in [5.41, 5.74) is 0.453. The second kappa shape index (κ2) is 6.52. The molecule has 0 bridgehead atoms. The van der Waals surface area contributed by atoms with Crippen LogP contribution >= 0.6 is 0 Å². The van der Waals surface area contributed by atoms with Crippen LogP contribution in [0.1, 0.15) is 47.2 Å². The highest BCUT2D eigenvalue weighted by molar-refractivity contribution is 5.95. The van der Waals surface area contributed by atoms with Crippen molar-refractivity contribution in [2.75, 3.05) is 0 Å². The summed E-state index contributed by atoms with van der Waals surface area (Å²) in [6.07, 6.45) is 1.99. The van der Waals surface area contributed by atoms with Crippen molar-refractivity contribution in [1.29, 1.82) is 0 Å². The summed E-state index contributed by atoms with van der Waals surface area (Å²) in [5.74, 6) is -1.31. The van der Waals surface area contributed by atoms with Crippen LogP contribution in [0.15, 0.2) is 12.1 Å². The molecule has 1 aliphatic carbocycles. The number of nitrogens with one attached hydrogen (secondary N) is 1. The first kappa shape index (κ1) is 17.2. The molecule has 1 amide bonds. The topological polar surface area (TPSA) is 75.6 Å². The number of alkyl halides is 2. The van der Waals surface area contributed by atoms with E-state index in [1.807, 2.05) is 0 Å². The highest BCUT2D eigenvalue weighted by Crippen LogP contribution is 2.35. The molecule has 0 heterocycles.